The van der Waals surface area contributed by atoms with Crippen LogP contribution in [-0.4, -0.2) is 57.6 Å². The van der Waals surface area contributed by atoms with Crippen LogP contribution in [0.3, 0.4) is 0 Å². The Labute approximate surface area is 132 Å². The standard InChI is InChI=1S/C16H26N2O4/c1-4-18(5-2)9-10-22-16(19)17-14-7-6-8-15(13-14)21-12-11-20-3/h6-8,13H,4-5,9-12H2,1-3H3,(H,17,19). The SMILES string of the molecule is CCN(CC)CCOC(=O)Nc1cccc(OCCOC)c1. The van der Waals surface area contributed by atoms with Crippen LogP contribution in [0.4, 0.5) is 10.5 Å². The zero-order chi connectivity index (χ0) is 16.2. The molecule has 0 aromatic heterocycles. The molecule has 0 saturated carbocycles. The summed E-state index contributed by atoms with van der Waals surface area (Å²) in [5.41, 5.74) is 0.641. The summed E-state index contributed by atoms with van der Waals surface area (Å²) in [4.78, 5) is 13.9. The van der Waals surface area contributed by atoms with Crippen LogP contribution in [-0.2, 0) is 9.47 Å². The Morgan fingerprint density at radius 1 is 1.18 bits per heavy atom. The van der Waals surface area contributed by atoms with Gasteiger partial charge in [0.1, 0.15) is 19.0 Å². The fourth-order valence-electron chi connectivity index (χ4n) is 1.87. The molecule has 6 nitrogen and oxygen atoms in total. The Balaban J connectivity index is 2.35. The molecule has 0 fully saturated rings. The molecule has 1 N–H and O–H groups in total. The average molecular weight is 310 g/mol. The van der Waals surface area contributed by atoms with E-state index in [1.165, 1.54) is 0 Å². The highest BCUT2D eigenvalue weighted by Crippen LogP contribution is 2.17. The predicted octanol–water partition coefficient (Wildman–Crippen LogP) is 2.60. The Hall–Kier alpha value is -1.79. The first-order valence-electron chi connectivity index (χ1n) is 7.57. The number of amides is 1. The third-order valence-electron chi connectivity index (χ3n) is 3.17. The van der Waals surface area contributed by atoms with Crippen LogP contribution in [0.25, 0.3) is 0 Å². The van der Waals surface area contributed by atoms with Crippen molar-refractivity contribution in [1.82, 2.24) is 4.90 Å². The number of ether oxygens (including phenoxy) is 3. The van der Waals surface area contributed by atoms with Gasteiger partial charge in [-0.25, -0.2) is 4.79 Å². The molecule has 0 atom stereocenters. The minimum atomic E-state index is -0.457. The van der Waals surface area contributed by atoms with Gasteiger partial charge in [0.05, 0.1) is 6.61 Å². The maximum atomic E-state index is 11.7. The zero-order valence-corrected chi connectivity index (χ0v) is 13.6. The second-order valence-electron chi connectivity index (χ2n) is 4.66. The zero-order valence-electron chi connectivity index (χ0n) is 13.6. The van der Waals surface area contributed by atoms with E-state index in [2.05, 4.69) is 24.1 Å². The molecule has 0 heterocycles. The normalized spacial score (nSPS) is 10.5. The lowest BCUT2D eigenvalue weighted by atomic mass is 10.3. The van der Waals surface area contributed by atoms with Crippen molar-refractivity contribution in [2.45, 2.75) is 13.8 Å². The van der Waals surface area contributed by atoms with E-state index in [1.807, 2.05) is 12.1 Å². The van der Waals surface area contributed by atoms with Crippen LogP contribution in [0.2, 0.25) is 0 Å². The van der Waals surface area contributed by atoms with Crippen LogP contribution < -0.4 is 10.1 Å². The topological polar surface area (TPSA) is 60.0 Å². The number of hydrogen-bond acceptors (Lipinski definition) is 5. The quantitative estimate of drug-likeness (QED) is 0.673. The molecule has 0 aliphatic heterocycles. The minimum absolute atomic E-state index is 0.373. The van der Waals surface area contributed by atoms with Gasteiger partial charge in [-0.1, -0.05) is 19.9 Å². The lowest BCUT2D eigenvalue weighted by Gasteiger charge is -2.17. The van der Waals surface area contributed by atoms with Crippen molar-refractivity contribution >= 4 is 11.8 Å². The number of benzene rings is 1. The number of anilines is 1. The van der Waals surface area contributed by atoms with Crippen molar-refractivity contribution in [3.05, 3.63) is 24.3 Å². The summed E-state index contributed by atoms with van der Waals surface area (Å²) in [5, 5.41) is 2.69. The smallest absolute Gasteiger partial charge is 0.411 e. The van der Waals surface area contributed by atoms with Crippen molar-refractivity contribution in [3.8, 4) is 5.75 Å². The van der Waals surface area contributed by atoms with E-state index in [1.54, 1.807) is 19.2 Å². The molecule has 1 rings (SSSR count). The number of carbonyl (C=O) groups is 1. The van der Waals surface area contributed by atoms with Gasteiger partial charge in [0.25, 0.3) is 0 Å². The van der Waals surface area contributed by atoms with Crippen molar-refractivity contribution in [2.75, 3.05) is 51.9 Å². The van der Waals surface area contributed by atoms with Gasteiger partial charge in [0.2, 0.25) is 0 Å². The first-order valence-corrected chi connectivity index (χ1v) is 7.57. The first-order chi connectivity index (χ1) is 10.7. The van der Waals surface area contributed by atoms with Crippen molar-refractivity contribution in [3.63, 3.8) is 0 Å². The molecule has 0 bridgehead atoms. The van der Waals surface area contributed by atoms with Crippen LogP contribution in [0.5, 0.6) is 5.75 Å². The molecular weight excluding hydrogens is 284 g/mol. The molecule has 124 valence electrons. The van der Waals surface area contributed by atoms with Crippen molar-refractivity contribution < 1.29 is 19.0 Å². The van der Waals surface area contributed by atoms with Gasteiger partial charge >= 0.3 is 6.09 Å². The van der Waals surface area contributed by atoms with Gasteiger partial charge in [-0.15, -0.1) is 0 Å². The summed E-state index contributed by atoms with van der Waals surface area (Å²) in [6.45, 7) is 8.15. The number of nitrogens with one attached hydrogen (secondary N) is 1. The number of carbonyl (C=O) groups excluding carboxylic acids is 1. The van der Waals surface area contributed by atoms with E-state index in [4.69, 9.17) is 14.2 Å². The summed E-state index contributed by atoms with van der Waals surface area (Å²) in [6.07, 6.45) is -0.457. The summed E-state index contributed by atoms with van der Waals surface area (Å²) < 4.78 is 15.6. The van der Waals surface area contributed by atoms with Gasteiger partial charge in [0.15, 0.2) is 0 Å². The molecular formula is C16H26N2O4. The van der Waals surface area contributed by atoms with E-state index in [0.29, 0.717) is 31.3 Å². The predicted molar refractivity (Wildman–Crippen MR) is 86.6 cm³/mol. The molecule has 0 aliphatic rings. The number of hydrogen-bond donors (Lipinski definition) is 1. The number of methoxy groups -OCH3 is 1. The van der Waals surface area contributed by atoms with Crippen LogP contribution in [0, 0.1) is 0 Å². The molecule has 0 spiro atoms. The highest BCUT2D eigenvalue weighted by atomic mass is 16.5. The first kappa shape index (κ1) is 18.3. The highest BCUT2D eigenvalue weighted by Gasteiger charge is 2.06. The van der Waals surface area contributed by atoms with Crippen LogP contribution in [0.15, 0.2) is 24.3 Å². The van der Waals surface area contributed by atoms with Gasteiger partial charge in [-0.2, -0.15) is 0 Å². The molecule has 1 aromatic rings. The molecule has 6 heteroatoms. The minimum Gasteiger partial charge on any atom is -0.491 e. The Kier molecular flexibility index (Phi) is 9.02. The fraction of sp³-hybridized carbons (Fsp3) is 0.562. The Bertz CT molecular complexity index is 436. The molecule has 1 amide bonds. The third kappa shape index (κ3) is 7.28. The van der Waals surface area contributed by atoms with E-state index < -0.39 is 6.09 Å². The van der Waals surface area contributed by atoms with Crippen molar-refractivity contribution in [1.29, 1.82) is 0 Å². The lowest BCUT2D eigenvalue weighted by molar-refractivity contribution is 0.142. The van der Waals surface area contributed by atoms with Gasteiger partial charge in [0, 0.05) is 25.4 Å². The maximum absolute atomic E-state index is 11.7. The summed E-state index contributed by atoms with van der Waals surface area (Å²) in [6, 6.07) is 7.18. The van der Waals surface area contributed by atoms with E-state index in [0.717, 1.165) is 19.6 Å². The van der Waals surface area contributed by atoms with E-state index in [9.17, 15) is 4.79 Å². The molecule has 22 heavy (non-hydrogen) atoms. The molecule has 0 radical (unpaired) electrons. The largest absolute Gasteiger partial charge is 0.491 e. The molecule has 0 aliphatic carbocycles. The van der Waals surface area contributed by atoms with Gasteiger partial charge < -0.3 is 19.1 Å². The molecule has 0 saturated heterocycles. The Morgan fingerprint density at radius 3 is 2.64 bits per heavy atom. The summed E-state index contributed by atoms with van der Waals surface area (Å²) in [7, 11) is 1.62. The van der Waals surface area contributed by atoms with Crippen LogP contribution >= 0.6 is 0 Å². The maximum Gasteiger partial charge on any atom is 0.411 e. The van der Waals surface area contributed by atoms with Crippen LogP contribution in [0.1, 0.15) is 13.8 Å². The van der Waals surface area contributed by atoms with Gasteiger partial charge in [-0.3, -0.25) is 5.32 Å². The van der Waals surface area contributed by atoms with Crippen molar-refractivity contribution in [2.24, 2.45) is 0 Å². The number of rotatable bonds is 10. The summed E-state index contributed by atoms with van der Waals surface area (Å²) in [5.74, 6) is 0.679. The second-order valence-corrected chi connectivity index (χ2v) is 4.66. The fourth-order valence-corrected chi connectivity index (χ4v) is 1.87. The van der Waals surface area contributed by atoms with Gasteiger partial charge in [-0.05, 0) is 25.2 Å². The molecule has 1 aromatic carbocycles. The lowest BCUT2D eigenvalue weighted by Crippen LogP contribution is -2.28. The summed E-state index contributed by atoms with van der Waals surface area (Å²) >= 11 is 0. The monoisotopic (exact) mass is 310 g/mol. The Morgan fingerprint density at radius 2 is 1.95 bits per heavy atom. The number of nitrogens with zero attached hydrogens (tertiary/aromatic N) is 1. The highest BCUT2D eigenvalue weighted by molar-refractivity contribution is 5.84. The third-order valence-corrected chi connectivity index (χ3v) is 3.17. The second kappa shape index (κ2) is 10.9. The average Bonchev–Trinajstić information content (AvgIpc) is 2.52. The molecule has 0 unspecified atom stereocenters. The number of likely N-dealkylation sites (N-methyl/N-ethyl adjacent to an activating group) is 1. The van der Waals surface area contributed by atoms with E-state index >= 15 is 0 Å². The van der Waals surface area contributed by atoms with E-state index in [-0.39, 0.29) is 0 Å².